The predicted molar refractivity (Wildman–Crippen MR) is 146 cm³/mol. The summed E-state index contributed by atoms with van der Waals surface area (Å²) >= 11 is 0. The minimum atomic E-state index is -4.29. The molecular weight excluding hydrogens is 547 g/mol. The maximum absolute atomic E-state index is 13.1. The number of hydrogen-bond acceptors (Lipinski definition) is 7. The maximum atomic E-state index is 13.1. The molecule has 1 saturated carbocycles. The van der Waals surface area contributed by atoms with E-state index in [-0.39, 0.29) is 37.0 Å². The third-order valence-electron chi connectivity index (χ3n) is 7.46. The normalized spacial score (nSPS) is 16.5. The molecule has 0 saturated heterocycles. The molecule has 9 nitrogen and oxygen atoms in total. The molecule has 1 fully saturated rings. The molecule has 5 rings (SSSR count). The molecule has 3 aromatic rings. The smallest absolute Gasteiger partial charge is 0.401 e. The molecule has 13 heteroatoms. The number of benzene rings is 1. The number of sulfonamides is 1. The van der Waals surface area contributed by atoms with Gasteiger partial charge < -0.3 is 9.64 Å². The number of pyridine rings is 2. The number of nitrogens with one attached hydrogen (secondary N) is 1. The molecule has 1 spiro atoms. The molecular formula is C27H30F3N5O4S. The average Bonchev–Trinajstić information content (AvgIpc) is 3.07. The molecule has 2 aliphatic rings. The lowest BCUT2D eigenvalue weighted by Crippen LogP contribution is -2.43. The van der Waals surface area contributed by atoms with Crippen molar-refractivity contribution in [3.8, 4) is 17.0 Å². The monoisotopic (exact) mass is 577 g/mol. The Morgan fingerprint density at radius 3 is 2.55 bits per heavy atom. The highest BCUT2D eigenvalue weighted by atomic mass is 32.2. The summed E-state index contributed by atoms with van der Waals surface area (Å²) in [6, 6.07) is 7.28. The summed E-state index contributed by atoms with van der Waals surface area (Å²) in [6.07, 6.45) is 2.84. The van der Waals surface area contributed by atoms with Gasteiger partial charge in [0.25, 0.3) is 0 Å². The summed E-state index contributed by atoms with van der Waals surface area (Å²) in [7, 11) is -0.548. The van der Waals surface area contributed by atoms with E-state index in [4.69, 9.17) is 4.74 Å². The van der Waals surface area contributed by atoms with Crippen LogP contribution in [0.2, 0.25) is 0 Å². The number of likely N-dealkylation sites (N-methyl/N-ethyl adjacent to an activating group) is 1. The molecule has 0 bridgehead atoms. The van der Waals surface area contributed by atoms with Crippen molar-refractivity contribution in [2.24, 2.45) is 0 Å². The number of carbonyl (C=O) groups excluding carboxylic acids is 1. The molecule has 1 amide bonds. The number of amides is 1. The van der Waals surface area contributed by atoms with Crippen LogP contribution in [-0.4, -0.2) is 75.4 Å². The van der Waals surface area contributed by atoms with Crippen LogP contribution in [0, 0.1) is 0 Å². The van der Waals surface area contributed by atoms with Gasteiger partial charge in [0.05, 0.1) is 42.2 Å². The van der Waals surface area contributed by atoms with Crippen molar-refractivity contribution < 1.29 is 31.1 Å². The number of halogens is 3. The maximum Gasteiger partial charge on any atom is 0.401 e. The summed E-state index contributed by atoms with van der Waals surface area (Å²) in [5.41, 5.74) is 3.50. The van der Waals surface area contributed by atoms with E-state index in [2.05, 4.69) is 14.7 Å². The van der Waals surface area contributed by atoms with Crippen molar-refractivity contribution in [3.05, 3.63) is 42.2 Å². The molecule has 3 heterocycles. The number of nitrogens with zero attached hydrogens (tertiary/aromatic N) is 4. The molecule has 0 atom stereocenters. The Balaban J connectivity index is 1.43. The summed E-state index contributed by atoms with van der Waals surface area (Å²) in [6.45, 7) is -0.845. The molecule has 1 aliphatic heterocycles. The third kappa shape index (κ3) is 5.44. The Hall–Kier alpha value is -3.45. The summed E-state index contributed by atoms with van der Waals surface area (Å²) < 4.78 is 69.9. The van der Waals surface area contributed by atoms with Gasteiger partial charge in [0.2, 0.25) is 21.8 Å². The number of fused-ring (bicyclic) bond motifs is 4. The number of alkyl halides is 3. The number of rotatable bonds is 9. The van der Waals surface area contributed by atoms with Crippen molar-refractivity contribution in [1.82, 2.24) is 14.9 Å². The summed E-state index contributed by atoms with van der Waals surface area (Å²) in [4.78, 5) is 24.8. The molecule has 40 heavy (non-hydrogen) atoms. The minimum absolute atomic E-state index is 0.0247. The minimum Gasteiger partial charge on any atom is -0.476 e. The number of hydrogen-bond donors (Lipinski definition) is 1. The van der Waals surface area contributed by atoms with Crippen molar-refractivity contribution in [3.63, 3.8) is 0 Å². The second-order valence-corrected chi connectivity index (χ2v) is 12.3. The first-order valence-corrected chi connectivity index (χ1v) is 14.7. The topological polar surface area (TPSA) is 105 Å². The highest BCUT2D eigenvalue weighted by Crippen LogP contribution is 2.55. The average molecular weight is 578 g/mol. The van der Waals surface area contributed by atoms with Crippen LogP contribution >= 0.6 is 0 Å². The second-order valence-electron chi connectivity index (χ2n) is 10.6. The van der Waals surface area contributed by atoms with Crippen LogP contribution in [0.4, 0.5) is 24.5 Å². The van der Waals surface area contributed by atoms with Crippen LogP contribution in [0.5, 0.6) is 5.88 Å². The van der Waals surface area contributed by atoms with Gasteiger partial charge >= 0.3 is 6.18 Å². The van der Waals surface area contributed by atoms with Gasteiger partial charge in [0, 0.05) is 36.3 Å². The molecule has 214 valence electrons. The van der Waals surface area contributed by atoms with Gasteiger partial charge in [-0.2, -0.15) is 13.2 Å². The number of carbonyl (C=O) groups is 1. The zero-order valence-corrected chi connectivity index (χ0v) is 23.2. The van der Waals surface area contributed by atoms with Gasteiger partial charge in [-0.3, -0.25) is 19.4 Å². The first kappa shape index (κ1) is 28.1. The van der Waals surface area contributed by atoms with Gasteiger partial charge in [-0.1, -0.05) is 12.5 Å². The van der Waals surface area contributed by atoms with Crippen LogP contribution in [0.15, 0.2) is 36.7 Å². The van der Waals surface area contributed by atoms with E-state index >= 15 is 0 Å². The highest BCUT2D eigenvalue weighted by Gasteiger charge is 2.54. The largest absolute Gasteiger partial charge is 0.476 e. The van der Waals surface area contributed by atoms with Gasteiger partial charge in [0.1, 0.15) is 5.69 Å². The van der Waals surface area contributed by atoms with Crippen LogP contribution in [0.3, 0.4) is 0 Å². The number of aromatic nitrogens is 2. The standard InChI is InChI=1S/C27H30F3N5O4S/c1-34(16-27(28,29)30)10-5-11-39-24-21(33-40(3,37)38)13-18(14-32-24)17-6-7-20-19(12-17)23-22(15-31-20)35(2)25(36)26(23)8-4-9-26/h6-7,12-15,33H,4-5,8-11,16H2,1-3H3. The molecule has 2 aromatic heterocycles. The number of anilines is 2. The van der Waals surface area contributed by atoms with Gasteiger partial charge in [-0.05, 0) is 50.1 Å². The van der Waals surface area contributed by atoms with E-state index in [1.807, 2.05) is 18.2 Å². The van der Waals surface area contributed by atoms with Crippen LogP contribution in [-0.2, 0) is 20.2 Å². The lowest BCUT2D eigenvalue weighted by atomic mass is 9.64. The first-order chi connectivity index (χ1) is 18.8. The van der Waals surface area contributed by atoms with E-state index in [0.29, 0.717) is 5.56 Å². The van der Waals surface area contributed by atoms with Gasteiger partial charge in [-0.25, -0.2) is 13.4 Å². The molecule has 1 aromatic carbocycles. The second kappa shape index (κ2) is 10.2. The fourth-order valence-corrected chi connectivity index (χ4v) is 6.08. The van der Waals surface area contributed by atoms with Gasteiger partial charge in [-0.15, -0.1) is 0 Å². The van der Waals surface area contributed by atoms with E-state index in [1.165, 1.54) is 7.05 Å². The van der Waals surface area contributed by atoms with Crippen LogP contribution in [0.25, 0.3) is 22.0 Å². The first-order valence-electron chi connectivity index (χ1n) is 12.9. The molecule has 1 aliphatic carbocycles. The van der Waals surface area contributed by atoms with E-state index in [0.717, 1.165) is 58.1 Å². The Morgan fingerprint density at radius 2 is 1.90 bits per heavy atom. The third-order valence-corrected chi connectivity index (χ3v) is 8.05. The summed E-state index contributed by atoms with van der Waals surface area (Å²) in [5.74, 6) is 0.109. The Bertz CT molecular complexity index is 1570. The number of ether oxygens (including phenoxy) is 1. The van der Waals surface area contributed by atoms with Gasteiger partial charge in [0.15, 0.2) is 0 Å². The lowest BCUT2D eigenvalue weighted by Gasteiger charge is -2.37. The van der Waals surface area contributed by atoms with E-state index in [1.54, 1.807) is 30.4 Å². The molecule has 1 N–H and O–H groups in total. The molecule has 0 radical (unpaired) electrons. The van der Waals surface area contributed by atoms with Crippen molar-refractivity contribution in [2.75, 3.05) is 49.7 Å². The zero-order chi connectivity index (χ0) is 28.9. The van der Waals surface area contributed by atoms with Crippen molar-refractivity contribution >= 4 is 38.2 Å². The quantitative estimate of drug-likeness (QED) is 0.378. The fourth-order valence-electron chi connectivity index (χ4n) is 5.54. The molecule has 0 unspecified atom stereocenters. The highest BCUT2D eigenvalue weighted by molar-refractivity contribution is 7.92. The van der Waals surface area contributed by atoms with Crippen molar-refractivity contribution in [1.29, 1.82) is 0 Å². The SMILES string of the molecule is CN(CCCOc1ncc(-c2ccc3ncc4c(c3c2)C2(CCC2)C(=O)N4C)cc1NS(C)(=O)=O)CC(F)(F)F. The van der Waals surface area contributed by atoms with E-state index < -0.39 is 28.2 Å². The zero-order valence-electron chi connectivity index (χ0n) is 22.4. The van der Waals surface area contributed by atoms with Crippen molar-refractivity contribution in [2.45, 2.75) is 37.3 Å². The summed E-state index contributed by atoms with van der Waals surface area (Å²) in [5, 5.41) is 0.869. The predicted octanol–water partition coefficient (Wildman–Crippen LogP) is 4.33. The van der Waals surface area contributed by atoms with Crippen LogP contribution in [0.1, 0.15) is 31.2 Å². The fraction of sp³-hybridized carbons (Fsp3) is 0.444. The van der Waals surface area contributed by atoms with E-state index in [9.17, 15) is 26.4 Å². The Labute approximate surface area is 230 Å². The Kier molecular flexibility index (Phi) is 7.15. The van der Waals surface area contributed by atoms with Crippen LogP contribution < -0.4 is 14.4 Å². The lowest BCUT2D eigenvalue weighted by molar-refractivity contribution is -0.143. The Morgan fingerprint density at radius 1 is 1.15 bits per heavy atom.